The highest BCUT2D eigenvalue weighted by Gasteiger charge is 2.37. The van der Waals surface area contributed by atoms with Crippen LogP contribution in [0.3, 0.4) is 0 Å². The number of fused-ring (bicyclic) bond motifs is 1. The SMILES string of the molecule is N#Cc1cnn(C2CN(C(=O)C3Cc4ccccc4CO3)C2)c1. The van der Waals surface area contributed by atoms with E-state index < -0.39 is 6.10 Å². The predicted molar refractivity (Wildman–Crippen MR) is 81.3 cm³/mol. The maximum absolute atomic E-state index is 12.5. The molecule has 3 heterocycles. The Balaban J connectivity index is 1.38. The van der Waals surface area contributed by atoms with Gasteiger partial charge in [0.05, 0.1) is 24.4 Å². The maximum Gasteiger partial charge on any atom is 0.252 e. The van der Waals surface area contributed by atoms with Crippen LogP contribution >= 0.6 is 0 Å². The van der Waals surface area contributed by atoms with Gasteiger partial charge < -0.3 is 9.64 Å². The summed E-state index contributed by atoms with van der Waals surface area (Å²) in [5.41, 5.74) is 2.90. The van der Waals surface area contributed by atoms with Crippen molar-refractivity contribution in [1.82, 2.24) is 14.7 Å². The molecular formula is C17H16N4O2. The van der Waals surface area contributed by atoms with E-state index in [4.69, 9.17) is 10.00 Å². The average molecular weight is 308 g/mol. The molecule has 0 radical (unpaired) electrons. The number of carbonyl (C=O) groups excluding carboxylic acids is 1. The van der Waals surface area contributed by atoms with Gasteiger partial charge in [0, 0.05) is 25.7 Å². The molecule has 1 unspecified atom stereocenters. The van der Waals surface area contributed by atoms with Gasteiger partial charge in [-0.2, -0.15) is 10.4 Å². The van der Waals surface area contributed by atoms with Gasteiger partial charge in [0.1, 0.15) is 12.2 Å². The topological polar surface area (TPSA) is 71.2 Å². The first-order valence-corrected chi connectivity index (χ1v) is 7.66. The van der Waals surface area contributed by atoms with E-state index in [2.05, 4.69) is 17.2 Å². The monoisotopic (exact) mass is 308 g/mol. The van der Waals surface area contributed by atoms with Gasteiger partial charge in [0.25, 0.3) is 5.91 Å². The van der Waals surface area contributed by atoms with E-state index in [1.807, 2.05) is 18.2 Å². The third-order valence-corrected chi connectivity index (χ3v) is 4.52. The maximum atomic E-state index is 12.5. The Kier molecular flexibility index (Phi) is 3.36. The summed E-state index contributed by atoms with van der Waals surface area (Å²) in [5.74, 6) is 0.0448. The van der Waals surface area contributed by atoms with E-state index >= 15 is 0 Å². The molecule has 2 aromatic rings. The van der Waals surface area contributed by atoms with Gasteiger partial charge in [0.2, 0.25) is 0 Å². The van der Waals surface area contributed by atoms with Crippen LogP contribution in [0.1, 0.15) is 22.7 Å². The molecule has 23 heavy (non-hydrogen) atoms. The Bertz CT molecular complexity index is 786. The number of rotatable bonds is 2. The van der Waals surface area contributed by atoms with Crippen molar-refractivity contribution in [2.45, 2.75) is 25.2 Å². The Morgan fingerprint density at radius 1 is 1.30 bits per heavy atom. The van der Waals surface area contributed by atoms with Crippen molar-refractivity contribution in [3.8, 4) is 6.07 Å². The number of ether oxygens (including phenoxy) is 1. The van der Waals surface area contributed by atoms with Gasteiger partial charge in [0.15, 0.2) is 0 Å². The Hall–Kier alpha value is -2.65. The number of carbonyl (C=O) groups is 1. The van der Waals surface area contributed by atoms with Crippen molar-refractivity contribution in [2.24, 2.45) is 0 Å². The fraction of sp³-hybridized carbons (Fsp3) is 0.353. The largest absolute Gasteiger partial charge is 0.363 e. The third-order valence-electron chi connectivity index (χ3n) is 4.52. The first-order valence-electron chi connectivity index (χ1n) is 7.66. The van der Waals surface area contributed by atoms with Crippen LogP contribution in [0.25, 0.3) is 0 Å². The van der Waals surface area contributed by atoms with Crippen LogP contribution in [-0.2, 0) is 22.6 Å². The van der Waals surface area contributed by atoms with Crippen molar-refractivity contribution in [3.05, 3.63) is 53.3 Å². The Labute approximate surface area is 133 Å². The first-order chi connectivity index (χ1) is 11.2. The molecule has 1 fully saturated rings. The molecule has 6 heteroatoms. The van der Waals surface area contributed by atoms with Crippen molar-refractivity contribution < 1.29 is 9.53 Å². The number of hydrogen-bond acceptors (Lipinski definition) is 4. The molecule has 2 aliphatic rings. The minimum Gasteiger partial charge on any atom is -0.363 e. The van der Waals surface area contributed by atoms with Crippen LogP contribution in [-0.4, -0.2) is 39.8 Å². The minimum atomic E-state index is -0.391. The molecular weight excluding hydrogens is 292 g/mol. The predicted octanol–water partition coefficient (Wildman–Crippen LogP) is 1.28. The lowest BCUT2D eigenvalue weighted by atomic mass is 9.97. The number of nitrogens with zero attached hydrogens (tertiary/aromatic N) is 4. The van der Waals surface area contributed by atoms with Crippen LogP contribution in [0, 0.1) is 11.3 Å². The lowest BCUT2D eigenvalue weighted by molar-refractivity contribution is -0.151. The van der Waals surface area contributed by atoms with E-state index in [0.29, 0.717) is 31.7 Å². The lowest BCUT2D eigenvalue weighted by Crippen LogP contribution is -2.55. The van der Waals surface area contributed by atoms with Crippen molar-refractivity contribution >= 4 is 5.91 Å². The summed E-state index contributed by atoms with van der Waals surface area (Å²) >= 11 is 0. The summed E-state index contributed by atoms with van der Waals surface area (Å²) in [4.78, 5) is 14.3. The van der Waals surface area contributed by atoms with E-state index in [1.54, 1.807) is 22.0 Å². The van der Waals surface area contributed by atoms with Crippen molar-refractivity contribution in [3.63, 3.8) is 0 Å². The number of nitriles is 1. The zero-order chi connectivity index (χ0) is 15.8. The molecule has 2 aliphatic heterocycles. The van der Waals surface area contributed by atoms with E-state index in [-0.39, 0.29) is 11.9 Å². The fourth-order valence-corrected chi connectivity index (χ4v) is 3.11. The molecule has 0 aliphatic carbocycles. The van der Waals surface area contributed by atoms with E-state index in [9.17, 15) is 4.79 Å². The highest BCUT2D eigenvalue weighted by Crippen LogP contribution is 2.26. The Morgan fingerprint density at radius 2 is 2.09 bits per heavy atom. The normalized spacial score (nSPS) is 20.5. The highest BCUT2D eigenvalue weighted by atomic mass is 16.5. The summed E-state index contributed by atoms with van der Waals surface area (Å²) in [5, 5.41) is 13.0. The van der Waals surface area contributed by atoms with Crippen LogP contribution in [0.4, 0.5) is 0 Å². The zero-order valence-corrected chi connectivity index (χ0v) is 12.6. The smallest absolute Gasteiger partial charge is 0.252 e. The highest BCUT2D eigenvalue weighted by molar-refractivity contribution is 5.82. The van der Waals surface area contributed by atoms with Crippen LogP contribution in [0.5, 0.6) is 0 Å². The molecule has 1 aromatic carbocycles. The molecule has 1 aromatic heterocycles. The molecule has 0 N–H and O–H groups in total. The zero-order valence-electron chi connectivity index (χ0n) is 12.6. The van der Waals surface area contributed by atoms with Crippen LogP contribution in [0.2, 0.25) is 0 Å². The molecule has 1 atom stereocenters. The van der Waals surface area contributed by atoms with Gasteiger partial charge in [-0.1, -0.05) is 24.3 Å². The summed E-state index contributed by atoms with van der Waals surface area (Å²) in [6.07, 6.45) is 3.51. The number of aromatic nitrogens is 2. The molecule has 116 valence electrons. The van der Waals surface area contributed by atoms with Crippen LogP contribution < -0.4 is 0 Å². The van der Waals surface area contributed by atoms with E-state index in [0.717, 1.165) is 0 Å². The summed E-state index contributed by atoms with van der Waals surface area (Å²) in [6.45, 7) is 1.73. The minimum absolute atomic E-state index is 0.0448. The van der Waals surface area contributed by atoms with Crippen LogP contribution in [0.15, 0.2) is 36.7 Å². The molecule has 0 bridgehead atoms. The number of likely N-dealkylation sites (tertiary alicyclic amines) is 1. The van der Waals surface area contributed by atoms with Gasteiger partial charge in [-0.3, -0.25) is 9.48 Å². The van der Waals surface area contributed by atoms with Gasteiger partial charge in [-0.15, -0.1) is 0 Å². The third kappa shape index (κ3) is 2.49. The quantitative estimate of drug-likeness (QED) is 0.838. The molecule has 4 rings (SSSR count). The molecule has 0 saturated carbocycles. The molecule has 0 spiro atoms. The van der Waals surface area contributed by atoms with E-state index in [1.165, 1.54) is 11.1 Å². The van der Waals surface area contributed by atoms with Crippen molar-refractivity contribution in [2.75, 3.05) is 13.1 Å². The average Bonchev–Trinajstić information content (AvgIpc) is 3.01. The summed E-state index contributed by atoms with van der Waals surface area (Å²) in [6, 6.07) is 10.3. The Morgan fingerprint density at radius 3 is 2.83 bits per heavy atom. The summed E-state index contributed by atoms with van der Waals surface area (Å²) in [7, 11) is 0. The molecule has 1 amide bonds. The second-order valence-corrected chi connectivity index (χ2v) is 5.99. The second kappa shape index (κ2) is 5.52. The lowest BCUT2D eigenvalue weighted by Gasteiger charge is -2.41. The van der Waals surface area contributed by atoms with Gasteiger partial charge >= 0.3 is 0 Å². The molecule has 1 saturated heterocycles. The summed E-state index contributed by atoms with van der Waals surface area (Å²) < 4.78 is 7.49. The van der Waals surface area contributed by atoms with Gasteiger partial charge in [-0.25, -0.2) is 0 Å². The number of amides is 1. The number of benzene rings is 1. The first kappa shape index (κ1) is 14.0. The standard InChI is InChI=1S/C17H16N4O2/c18-6-12-7-19-21(8-12)15-9-20(10-15)17(22)16-5-13-3-1-2-4-14(13)11-23-16/h1-4,7-8,15-16H,5,9-11H2. The fourth-order valence-electron chi connectivity index (χ4n) is 3.11. The number of hydrogen-bond donors (Lipinski definition) is 0. The van der Waals surface area contributed by atoms with Crippen molar-refractivity contribution in [1.29, 1.82) is 5.26 Å². The molecule has 6 nitrogen and oxygen atoms in total. The van der Waals surface area contributed by atoms with Gasteiger partial charge in [-0.05, 0) is 11.1 Å². The second-order valence-electron chi connectivity index (χ2n) is 5.99.